The van der Waals surface area contributed by atoms with Gasteiger partial charge in [-0.15, -0.1) is 0 Å². The molecule has 20 heavy (non-hydrogen) atoms. The number of carbonyl (C=O) groups excluding carboxylic acids is 1. The van der Waals surface area contributed by atoms with Gasteiger partial charge in [0.1, 0.15) is 24.0 Å². The third-order valence-electron chi connectivity index (χ3n) is 2.78. The molecule has 2 aromatic carbocycles. The normalized spacial score (nSPS) is 10.3. The second-order valence-electron chi connectivity index (χ2n) is 4.55. The van der Waals surface area contributed by atoms with Crippen molar-refractivity contribution in [2.24, 2.45) is 0 Å². The second-order valence-corrected chi connectivity index (χ2v) is 5.46. The fraction of sp³-hybridized carbons (Fsp3) is 0.188. The van der Waals surface area contributed by atoms with Crippen LogP contribution in [0.3, 0.4) is 0 Å². The molecule has 0 bridgehead atoms. The molecule has 0 saturated carbocycles. The Bertz CT molecular complexity index is 608. The Morgan fingerprint density at radius 3 is 2.55 bits per heavy atom. The maximum Gasteiger partial charge on any atom is 0.134 e. The van der Waals surface area contributed by atoms with Crippen LogP contribution < -0.4 is 4.74 Å². The Labute approximate surface area is 125 Å². The van der Waals surface area contributed by atoms with E-state index in [1.54, 1.807) is 31.2 Å². The van der Waals surface area contributed by atoms with Gasteiger partial charge in [0.15, 0.2) is 0 Å². The van der Waals surface area contributed by atoms with Gasteiger partial charge in [-0.25, -0.2) is 4.39 Å². The molecule has 0 aliphatic heterocycles. The number of hydrogen-bond acceptors (Lipinski definition) is 2. The number of halogens is 2. The standard InChI is InChI=1S/C16H14BrFO2/c1-11(19)8-12-2-5-15(6-3-12)20-10-13-9-14(17)4-7-16(13)18/h2-7,9H,8,10H2,1H3. The van der Waals surface area contributed by atoms with E-state index in [9.17, 15) is 9.18 Å². The molecule has 0 aliphatic carbocycles. The second kappa shape index (κ2) is 6.66. The molecule has 0 heterocycles. The summed E-state index contributed by atoms with van der Waals surface area (Å²) >= 11 is 3.30. The average molecular weight is 337 g/mol. The Kier molecular flexibility index (Phi) is 4.90. The highest BCUT2D eigenvalue weighted by Crippen LogP contribution is 2.19. The van der Waals surface area contributed by atoms with Crippen molar-refractivity contribution in [3.05, 3.63) is 63.9 Å². The third kappa shape index (κ3) is 4.17. The van der Waals surface area contributed by atoms with Gasteiger partial charge in [-0.05, 0) is 42.8 Å². The van der Waals surface area contributed by atoms with Crippen molar-refractivity contribution in [1.29, 1.82) is 0 Å². The van der Waals surface area contributed by atoms with Crippen LogP contribution in [-0.2, 0) is 17.8 Å². The van der Waals surface area contributed by atoms with Gasteiger partial charge in [-0.2, -0.15) is 0 Å². The van der Waals surface area contributed by atoms with Crippen molar-refractivity contribution in [3.63, 3.8) is 0 Å². The molecule has 4 heteroatoms. The van der Waals surface area contributed by atoms with Gasteiger partial charge in [-0.1, -0.05) is 28.1 Å². The van der Waals surface area contributed by atoms with Gasteiger partial charge in [-0.3, -0.25) is 4.79 Å². The van der Waals surface area contributed by atoms with Gasteiger partial charge in [0.05, 0.1) is 0 Å². The Balaban J connectivity index is 2.00. The molecule has 2 nitrogen and oxygen atoms in total. The van der Waals surface area contributed by atoms with Gasteiger partial charge in [0.2, 0.25) is 0 Å². The van der Waals surface area contributed by atoms with Crippen LogP contribution in [0, 0.1) is 5.82 Å². The van der Waals surface area contributed by atoms with E-state index in [1.807, 2.05) is 12.1 Å². The molecule has 0 radical (unpaired) electrons. The first-order valence-corrected chi connectivity index (χ1v) is 6.99. The number of ether oxygens (including phenoxy) is 1. The van der Waals surface area contributed by atoms with Crippen molar-refractivity contribution in [2.75, 3.05) is 0 Å². The lowest BCUT2D eigenvalue weighted by Crippen LogP contribution is -1.99. The maximum atomic E-state index is 13.5. The van der Waals surface area contributed by atoms with Gasteiger partial charge in [0.25, 0.3) is 0 Å². The molecular weight excluding hydrogens is 323 g/mol. The molecule has 0 spiro atoms. The summed E-state index contributed by atoms with van der Waals surface area (Å²) in [6.07, 6.45) is 0.417. The smallest absolute Gasteiger partial charge is 0.134 e. The molecule has 0 unspecified atom stereocenters. The summed E-state index contributed by atoms with van der Waals surface area (Å²) < 4.78 is 19.9. The first-order chi connectivity index (χ1) is 9.54. The van der Waals surface area contributed by atoms with Gasteiger partial charge >= 0.3 is 0 Å². The number of ketones is 1. The highest BCUT2D eigenvalue weighted by Gasteiger charge is 2.04. The van der Waals surface area contributed by atoms with Crippen molar-refractivity contribution < 1.29 is 13.9 Å². The lowest BCUT2D eigenvalue weighted by Gasteiger charge is -2.08. The van der Waals surface area contributed by atoms with Crippen molar-refractivity contribution in [2.45, 2.75) is 20.0 Å². The van der Waals surface area contributed by atoms with Crippen LogP contribution in [0.5, 0.6) is 5.75 Å². The molecule has 0 aliphatic rings. The zero-order valence-corrected chi connectivity index (χ0v) is 12.6. The summed E-state index contributed by atoms with van der Waals surface area (Å²) in [6.45, 7) is 1.72. The van der Waals surface area contributed by atoms with Crippen molar-refractivity contribution >= 4 is 21.7 Å². The quantitative estimate of drug-likeness (QED) is 0.813. The van der Waals surface area contributed by atoms with Crippen LogP contribution >= 0.6 is 15.9 Å². The Hall–Kier alpha value is -1.68. The molecule has 0 fully saturated rings. The van der Waals surface area contributed by atoms with Crippen molar-refractivity contribution in [3.8, 4) is 5.75 Å². The van der Waals surface area contributed by atoms with Crippen LogP contribution in [0.15, 0.2) is 46.9 Å². The number of carbonyl (C=O) groups is 1. The highest BCUT2D eigenvalue weighted by atomic mass is 79.9. The predicted molar refractivity (Wildman–Crippen MR) is 79.3 cm³/mol. The molecular formula is C16H14BrFO2. The van der Waals surface area contributed by atoms with E-state index in [1.165, 1.54) is 6.07 Å². The molecule has 0 N–H and O–H groups in total. The molecule has 104 valence electrons. The van der Waals surface area contributed by atoms with Crippen molar-refractivity contribution in [1.82, 2.24) is 0 Å². The zero-order valence-electron chi connectivity index (χ0n) is 11.0. The predicted octanol–water partition coefficient (Wildman–Crippen LogP) is 4.30. The van der Waals surface area contributed by atoms with E-state index in [0.717, 1.165) is 10.0 Å². The van der Waals surface area contributed by atoms with E-state index >= 15 is 0 Å². The monoisotopic (exact) mass is 336 g/mol. The number of benzene rings is 2. The van der Waals surface area contributed by atoms with Gasteiger partial charge in [0, 0.05) is 16.5 Å². The topological polar surface area (TPSA) is 26.3 Å². The largest absolute Gasteiger partial charge is 0.489 e. The molecule has 0 aromatic heterocycles. The summed E-state index contributed by atoms with van der Waals surface area (Å²) in [5, 5.41) is 0. The van der Waals surface area contributed by atoms with Crippen LogP contribution in [-0.4, -0.2) is 5.78 Å². The van der Waals surface area contributed by atoms with E-state index in [0.29, 0.717) is 17.7 Å². The van der Waals surface area contributed by atoms with Crippen LogP contribution in [0.2, 0.25) is 0 Å². The highest BCUT2D eigenvalue weighted by molar-refractivity contribution is 9.10. The number of hydrogen-bond donors (Lipinski definition) is 0. The Morgan fingerprint density at radius 2 is 1.90 bits per heavy atom. The molecule has 0 amide bonds. The summed E-state index contributed by atoms with van der Waals surface area (Å²) in [4.78, 5) is 11.0. The van der Waals surface area contributed by atoms with E-state index in [4.69, 9.17) is 4.74 Å². The van der Waals surface area contributed by atoms with Crippen LogP contribution in [0.4, 0.5) is 4.39 Å². The minimum absolute atomic E-state index is 0.120. The lowest BCUT2D eigenvalue weighted by molar-refractivity contribution is -0.116. The third-order valence-corrected chi connectivity index (χ3v) is 3.27. The molecule has 0 saturated heterocycles. The molecule has 0 atom stereocenters. The molecule has 2 aromatic rings. The SMILES string of the molecule is CC(=O)Cc1ccc(OCc2cc(Br)ccc2F)cc1. The summed E-state index contributed by atoms with van der Waals surface area (Å²) in [6, 6.07) is 12.0. The molecule has 2 rings (SSSR count). The van der Waals surface area contributed by atoms with Crippen LogP contribution in [0.25, 0.3) is 0 Å². The lowest BCUT2D eigenvalue weighted by atomic mass is 10.1. The van der Waals surface area contributed by atoms with Gasteiger partial charge < -0.3 is 4.74 Å². The van der Waals surface area contributed by atoms with E-state index in [-0.39, 0.29) is 18.2 Å². The fourth-order valence-corrected chi connectivity index (χ4v) is 2.21. The Morgan fingerprint density at radius 1 is 1.20 bits per heavy atom. The average Bonchev–Trinajstić information content (AvgIpc) is 2.41. The minimum atomic E-state index is -0.290. The zero-order chi connectivity index (χ0) is 14.5. The summed E-state index contributed by atoms with van der Waals surface area (Å²) in [7, 11) is 0. The fourth-order valence-electron chi connectivity index (χ4n) is 1.81. The summed E-state index contributed by atoms with van der Waals surface area (Å²) in [5.74, 6) is 0.480. The van der Waals surface area contributed by atoms with E-state index in [2.05, 4.69) is 15.9 Å². The minimum Gasteiger partial charge on any atom is -0.489 e. The van der Waals surface area contributed by atoms with E-state index < -0.39 is 0 Å². The number of Topliss-reactive ketones (excluding diaryl/α,β-unsaturated/α-hetero) is 1. The summed E-state index contributed by atoms with van der Waals surface area (Å²) in [5.41, 5.74) is 1.44. The maximum absolute atomic E-state index is 13.5. The number of rotatable bonds is 5. The first-order valence-electron chi connectivity index (χ1n) is 6.19. The van der Waals surface area contributed by atoms with Crippen LogP contribution in [0.1, 0.15) is 18.1 Å². The first kappa shape index (κ1) is 14.7.